The molecule has 1 heterocycles. The lowest BCUT2D eigenvalue weighted by Gasteiger charge is -2.34. The van der Waals surface area contributed by atoms with E-state index in [4.69, 9.17) is 4.74 Å². The minimum absolute atomic E-state index is 0.0107. The Morgan fingerprint density at radius 2 is 1.60 bits per heavy atom. The molecular weight excluding hydrogens is 264 g/mol. The number of halogens is 1. The van der Waals surface area contributed by atoms with Crippen LogP contribution in [0.4, 0.5) is 0 Å². The molecule has 0 radical (unpaired) electrons. The van der Waals surface area contributed by atoms with Gasteiger partial charge in [0.1, 0.15) is 6.61 Å². The summed E-state index contributed by atoms with van der Waals surface area (Å²) in [4.78, 5) is 26.2. The number of hydrogen-bond acceptors (Lipinski definition) is 3. The highest BCUT2D eigenvalue weighted by Gasteiger charge is 2.22. The Balaban J connectivity index is 2.35. The zero-order valence-corrected chi connectivity index (χ0v) is 10.3. The highest BCUT2D eigenvalue weighted by molar-refractivity contribution is 9.09. The Morgan fingerprint density at radius 3 is 2.00 bits per heavy atom. The molecule has 15 heavy (non-hydrogen) atoms. The molecule has 86 valence electrons. The molecule has 2 amide bonds. The van der Waals surface area contributed by atoms with E-state index in [-0.39, 0.29) is 18.4 Å². The van der Waals surface area contributed by atoms with Gasteiger partial charge in [0.2, 0.25) is 11.8 Å². The second-order valence-electron chi connectivity index (χ2n) is 3.33. The highest BCUT2D eigenvalue weighted by atomic mass is 79.9. The van der Waals surface area contributed by atoms with Crippen LogP contribution in [0.25, 0.3) is 0 Å². The Labute approximate surface area is 97.5 Å². The Kier molecular flexibility index (Phi) is 5.04. The molecule has 5 nitrogen and oxygen atoms in total. The molecule has 0 saturated carbocycles. The third-order valence-corrected chi connectivity index (χ3v) is 2.85. The van der Waals surface area contributed by atoms with Crippen molar-refractivity contribution in [1.82, 2.24) is 9.80 Å². The molecule has 0 spiro atoms. The Morgan fingerprint density at radius 1 is 1.13 bits per heavy atom. The predicted molar refractivity (Wildman–Crippen MR) is 58.8 cm³/mol. The maximum Gasteiger partial charge on any atom is 0.248 e. The summed E-state index contributed by atoms with van der Waals surface area (Å²) in [7, 11) is 1.50. The minimum Gasteiger partial charge on any atom is -0.375 e. The van der Waals surface area contributed by atoms with Crippen LogP contribution in [-0.4, -0.2) is 66.8 Å². The third kappa shape index (κ3) is 3.46. The standard InChI is InChI=1S/C9H15BrN2O3/c1-15-7-9(14)12-4-2-11(3-5-12)8(13)6-10/h2-7H2,1H3. The van der Waals surface area contributed by atoms with Gasteiger partial charge < -0.3 is 14.5 Å². The number of carbonyl (C=O) groups is 2. The van der Waals surface area contributed by atoms with Crippen molar-refractivity contribution < 1.29 is 14.3 Å². The van der Waals surface area contributed by atoms with Gasteiger partial charge >= 0.3 is 0 Å². The van der Waals surface area contributed by atoms with Gasteiger partial charge in [-0.25, -0.2) is 0 Å². The van der Waals surface area contributed by atoms with E-state index in [1.54, 1.807) is 9.80 Å². The first-order valence-corrected chi connectivity index (χ1v) is 5.91. The molecule has 0 aromatic heterocycles. The largest absolute Gasteiger partial charge is 0.375 e. The Bertz CT molecular complexity index is 240. The summed E-state index contributed by atoms with van der Waals surface area (Å²) in [6.07, 6.45) is 0. The number of nitrogens with zero attached hydrogens (tertiary/aromatic N) is 2. The van der Waals surface area contributed by atoms with E-state index >= 15 is 0 Å². The van der Waals surface area contributed by atoms with E-state index in [1.165, 1.54) is 7.11 Å². The van der Waals surface area contributed by atoms with E-state index in [0.29, 0.717) is 31.5 Å². The summed E-state index contributed by atoms with van der Waals surface area (Å²) in [5, 5.41) is 0.346. The summed E-state index contributed by atoms with van der Waals surface area (Å²) >= 11 is 3.13. The van der Waals surface area contributed by atoms with Gasteiger partial charge in [-0.3, -0.25) is 9.59 Å². The van der Waals surface area contributed by atoms with Crippen LogP contribution >= 0.6 is 15.9 Å². The molecule has 0 unspecified atom stereocenters. The highest BCUT2D eigenvalue weighted by Crippen LogP contribution is 2.03. The smallest absolute Gasteiger partial charge is 0.248 e. The van der Waals surface area contributed by atoms with Gasteiger partial charge in [-0.15, -0.1) is 0 Å². The molecule has 6 heteroatoms. The molecule has 0 aromatic rings. The first kappa shape index (κ1) is 12.4. The molecule has 0 bridgehead atoms. The molecule has 0 N–H and O–H groups in total. The average Bonchev–Trinajstić information content (AvgIpc) is 2.28. The molecule has 0 aromatic carbocycles. The molecule has 0 atom stereocenters. The lowest BCUT2D eigenvalue weighted by atomic mass is 10.3. The third-order valence-electron chi connectivity index (χ3n) is 2.37. The van der Waals surface area contributed by atoms with Crippen LogP contribution in [-0.2, 0) is 14.3 Å². The van der Waals surface area contributed by atoms with Crippen molar-refractivity contribution >= 4 is 27.7 Å². The number of carbonyl (C=O) groups excluding carboxylic acids is 2. The number of methoxy groups -OCH3 is 1. The van der Waals surface area contributed by atoms with Crippen LogP contribution in [0.1, 0.15) is 0 Å². The van der Waals surface area contributed by atoms with Crippen molar-refractivity contribution in [3.8, 4) is 0 Å². The van der Waals surface area contributed by atoms with Crippen molar-refractivity contribution in [3.63, 3.8) is 0 Å². The van der Waals surface area contributed by atoms with Gasteiger partial charge in [-0.2, -0.15) is 0 Å². The van der Waals surface area contributed by atoms with E-state index in [9.17, 15) is 9.59 Å². The molecule has 1 rings (SSSR count). The van der Waals surface area contributed by atoms with Crippen LogP contribution in [0, 0.1) is 0 Å². The summed E-state index contributed by atoms with van der Waals surface area (Å²) in [5.41, 5.74) is 0. The fourth-order valence-corrected chi connectivity index (χ4v) is 1.86. The van der Waals surface area contributed by atoms with Crippen LogP contribution in [0.15, 0.2) is 0 Å². The van der Waals surface area contributed by atoms with Gasteiger partial charge in [-0.1, -0.05) is 15.9 Å². The maximum atomic E-state index is 11.4. The summed E-state index contributed by atoms with van der Waals surface area (Å²) in [5.74, 6) is 0.0669. The van der Waals surface area contributed by atoms with Gasteiger partial charge in [0.05, 0.1) is 5.33 Å². The SMILES string of the molecule is COCC(=O)N1CCN(C(=O)CBr)CC1. The number of amides is 2. The number of alkyl halides is 1. The number of ether oxygens (including phenoxy) is 1. The number of piperazine rings is 1. The topological polar surface area (TPSA) is 49.9 Å². The van der Waals surface area contributed by atoms with E-state index < -0.39 is 0 Å². The predicted octanol–water partition coefficient (Wildman–Crippen LogP) is -0.302. The van der Waals surface area contributed by atoms with Crippen LogP contribution in [0.3, 0.4) is 0 Å². The normalized spacial score (nSPS) is 16.7. The molecule has 1 fully saturated rings. The van der Waals surface area contributed by atoms with Crippen LogP contribution in [0.5, 0.6) is 0 Å². The zero-order valence-electron chi connectivity index (χ0n) is 8.74. The van der Waals surface area contributed by atoms with Gasteiger partial charge in [0.15, 0.2) is 0 Å². The Hall–Kier alpha value is -0.620. The van der Waals surface area contributed by atoms with E-state index in [1.807, 2.05) is 0 Å². The second kappa shape index (κ2) is 6.07. The molecule has 1 aliphatic heterocycles. The molecular formula is C9H15BrN2O3. The quantitative estimate of drug-likeness (QED) is 0.666. The lowest BCUT2D eigenvalue weighted by molar-refractivity contribution is -0.140. The first-order valence-electron chi connectivity index (χ1n) is 4.79. The minimum atomic E-state index is -0.0107. The number of hydrogen-bond donors (Lipinski definition) is 0. The second-order valence-corrected chi connectivity index (χ2v) is 3.89. The van der Waals surface area contributed by atoms with Gasteiger partial charge in [-0.05, 0) is 0 Å². The molecule has 1 saturated heterocycles. The maximum absolute atomic E-state index is 11.4. The summed E-state index contributed by atoms with van der Waals surface area (Å²) < 4.78 is 4.77. The first-order chi connectivity index (χ1) is 7.19. The van der Waals surface area contributed by atoms with Crippen molar-refractivity contribution in [2.75, 3.05) is 45.2 Å². The number of rotatable bonds is 3. The summed E-state index contributed by atoms with van der Waals surface area (Å²) in [6, 6.07) is 0. The van der Waals surface area contributed by atoms with Crippen molar-refractivity contribution in [2.24, 2.45) is 0 Å². The monoisotopic (exact) mass is 278 g/mol. The fraction of sp³-hybridized carbons (Fsp3) is 0.778. The van der Waals surface area contributed by atoms with E-state index in [0.717, 1.165) is 0 Å². The van der Waals surface area contributed by atoms with Gasteiger partial charge in [0.25, 0.3) is 0 Å². The molecule has 0 aliphatic carbocycles. The zero-order chi connectivity index (χ0) is 11.3. The van der Waals surface area contributed by atoms with Crippen molar-refractivity contribution in [2.45, 2.75) is 0 Å². The average molecular weight is 279 g/mol. The fourth-order valence-electron chi connectivity index (χ4n) is 1.50. The van der Waals surface area contributed by atoms with E-state index in [2.05, 4.69) is 15.9 Å². The summed E-state index contributed by atoms with van der Waals surface area (Å²) in [6.45, 7) is 2.54. The van der Waals surface area contributed by atoms with Crippen molar-refractivity contribution in [1.29, 1.82) is 0 Å². The molecule has 1 aliphatic rings. The van der Waals surface area contributed by atoms with Crippen LogP contribution < -0.4 is 0 Å². The van der Waals surface area contributed by atoms with Gasteiger partial charge in [0, 0.05) is 33.3 Å². The van der Waals surface area contributed by atoms with Crippen molar-refractivity contribution in [3.05, 3.63) is 0 Å². The lowest BCUT2D eigenvalue weighted by Crippen LogP contribution is -2.51. The van der Waals surface area contributed by atoms with Crippen LogP contribution in [0.2, 0.25) is 0 Å².